The zero-order valence-electron chi connectivity index (χ0n) is 16.4. The van der Waals surface area contributed by atoms with Gasteiger partial charge in [-0.15, -0.1) is 0 Å². The van der Waals surface area contributed by atoms with Crippen LogP contribution in [0.2, 0.25) is 0 Å². The molecule has 3 aromatic carbocycles. The van der Waals surface area contributed by atoms with Gasteiger partial charge in [0, 0.05) is 43.1 Å². The molecule has 0 unspecified atom stereocenters. The van der Waals surface area contributed by atoms with Crippen LogP contribution in [0.1, 0.15) is 20.7 Å². The maximum Gasteiger partial charge on any atom is 0.258 e. The third-order valence-electron chi connectivity index (χ3n) is 5.20. The van der Waals surface area contributed by atoms with E-state index in [-0.39, 0.29) is 11.5 Å². The van der Waals surface area contributed by atoms with Crippen LogP contribution in [0.3, 0.4) is 0 Å². The Morgan fingerprint density at radius 2 is 1.40 bits per heavy atom. The number of carbonyl (C=O) groups is 2. The highest BCUT2D eigenvalue weighted by atomic mass is 19.1. The largest absolute Gasteiger partial charge is 0.368 e. The molecule has 0 radical (unpaired) electrons. The van der Waals surface area contributed by atoms with Gasteiger partial charge in [-0.3, -0.25) is 9.59 Å². The fraction of sp³-hybridized carbons (Fsp3) is 0.167. The molecule has 4 rings (SSSR count). The predicted octanol–water partition coefficient (Wildman–Crippen LogP) is 4.04. The van der Waals surface area contributed by atoms with E-state index in [0.717, 1.165) is 18.8 Å². The lowest BCUT2D eigenvalue weighted by molar-refractivity contribution is 0.0746. The van der Waals surface area contributed by atoms with Crippen molar-refractivity contribution in [1.82, 2.24) is 4.90 Å². The van der Waals surface area contributed by atoms with Crippen LogP contribution in [0.15, 0.2) is 78.9 Å². The maximum absolute atomic E-state index is 13.8. The second kappa shape index (κ2) is 8.78. The zero-order chi connectivity index (χ0) is 20.9. The number of carbonyl (C=O) groups excluding carboxylic acids is 2. The molecule has 1 saturated heterocycles. The van der Waals surface area contributed by atoms with Crippen LogP contribution in [0, 0.1) is 5.82 Å². The fourth-order valence-corrected chi connectivity index (χ4v) is 3.53. The van der Waals surface area contributed by atoms with Crippen molar-refractivity contribution >= 4 is 23.2 Å². The molecule has 3 aromatic rings. The molecule has 1 aliphatic heterocycles. The van der Waals surface area contributed by atoms with E-state index in [0.29, 0.717) is 24.3 Å². The lowest BCUT2D eigenvalue weighted by Gasteiger charge is -2.36. The van der Waals surface area contributed by atoms with Gasteiger partial charge in [0.1, 0.15) is 5.82 Å². The summed E-state index contributed by atoms with van der Waals surface area (Å²) >= 11 is 0. The number of rotatable bonds is 4. The lowest BCUT2D eigenvalue weighted by atomic mass is 10.1. The molecule has 0 aliphatic carbocycles. The Balaban J connectivity index is 1.34. The average molecular weight is 403 g/mol. The summed E-state index contributed by atoms with van der Waals surface area (Å²) in [4.78, 5) is 28.9. The molecular weight excluding hydrogens is 381 g/mol. The van der Waals surface area contributed by atoms with Crippen LogP contribution in [0.5, 0.6) is 0 Å². The third-order valence-corrected chi connectivity index (χ3v) is 5.20. The summed E-state index contributed by atoms with van der Waals surface area (Å²) in [7, 11) is 0. The minimum atomic E-state index is -0.547. The number of hydrogen-bond donors (Lipinski definition) is 1. The summed E-state index contributed by atoms with van der Waals surface area (Å²) in [6.07, 6.45) is 0. The molecule has 1 heterocycles. The molecule has 0 saturated carbocycles. The highest BCUT2D eigenvalue weighted by molar-refractivity contribution is 6.04. The van der Waals surface area contributed by atoms with Gasteiger partial charge in [-0.05, 0) is 48.5 Å². The lowest BCUT2D eigenvalue weighted by Crippen LogP contribution is -2.48. The first-order valence-electron chi connectivity index (χ1n) is 9.87. The Morgan fingerprint density at radius 1 is 0.767 bits per heavy atom. The van der Waals surface area contributed by atoms with Crippen molar-refractivity contribution < 1.29 is 14.0 Å². The SMILES string of the molecule is O=C(Nc1ccc(N2CCN(C(=O)c3ccccc3)CC2)cc1)c1ccccc1F. The van der Waals surface area contributed by atoms with E-state index in [1.807, 2.05) is 47.4 Å². The fourth-order valence-electron chi connectivity index (χ4n) is 3.53. The van der Waals surface area contributed by atoms with E-state index in [1.165, 1.54) is 12.1 Å². The zero-order valence-corrected chi connectivity index (χ0v) is 16.4. The predicted molar refractivity (Wildman–Crippen MR) is 115 cm³/mol. The van der Waals surface area contributed by atoms with Gasteiger partial charge in [-0.2, -0.15) is 0 Å². The van der Waals surface area contributed by atoms with Gasteiger partial charge in [-0.25, -0.2) is 4.39 Å². The monoisotopic (exact) mass is 403 g/mol. The summed E-state index contributed by atoms with van der Waals surface area (Å²) in [6, 6.07) is 22.7. The van der Waals surface area contributed by atoms with Crippen LogP contribution in [-0.2, 0) is 0 Å². The van der Waals surface area contributed by atoms with E-state index in [1.54, 1.807) is 24.3 Å². The van der Waals surface area contributed by atoms with Gasteiger partial charge in [0.25, 0.3) is 11.8 Å². The Morgan fingerprint density at radius 3 is 2.07 bits per heavy atom. The van der Waals surface area contributed by atoms with Crippen LogP contribution in [0.4, 0.5) is 15.8 Å². The first-order chi connectivity index (χ1) is 14.6. The number of piperazine rings is 1. The van der Waals surface area contributed by atoms with Crippen LogP contribution >= 0.6 is 0 Å². The summed E-state index contributed by atoms with van der Waals surface area (Å²) in [5.41, 5.74) is 2.34. The van der Waals surface area contributed by atoms with Gasteiger partial charge in [0.05, 0.1) is 5.56 Å². The highest BCUT2D eigenvalue weighted by Crippen LogP contribution is 2.21. The van der Waals surface area contributed by atoms with Gasteiger partial charge in [0.15, 0.2) is 0 Å². The molecule has 1 aliphatic rings. The number of amides is 2. The minimum absolute atomic E-state index is 0.0146. The first-order valence-corrected chi connectivity index (χ1v) is 9.87. The normalized spacial score (nSPS) is 13.8. The molecule has 6 heteroatoms. The van der Waals surface area contributed by atoms with Crippen molar-refractivity contribution in [3.63, 3.8) is 0 Å². The van der Waals surface area contributed by atoms with Crippen molar-refractivity contribution in [1.29, 1.82) is 0 Å². The molecule has 2 amide bonds. The molecule has 0 spiro atoms. The van der Waals surface area contributed by atoms with Crippen molar-refractivity contribution in [3.05, 3.63) is 95.8 Å². The second-order valence-corrected chi connectivity index (χ2v) is 7.13. The van der Waals surface area contributed by atoms with E-state index < -0.39 is 11.7 Å². The van der Waals surface area contributed by atoms with E-state index in [2.05, 4.69) is 10.2 Å². The molecule has 5 nitrogen and oxygen atoms in total. The molecule has 0 bridgehead atoms. The van der Waals surface area contributed by atoms with Gasteiger partial charge >= 0.3 is 0 Å². The van der Waals surface area contributed by atoms with Gasteiger partial charge in [0.2, 0.25) is 0 Å². The molecule has 1 N–H and O–H groups in total. The average Bonchev–Trinajstić information content (AvgIpc) is 2.80. The van der Waals surface area contributed by atoms with Crippen molar-refractivity contribution in [2.45, 2.75) is 0 Å². The third kappa shape index (κ3) is 4.33. The van der Waals surface area contributed by atoms with Crippen molar-refractivity contribution in [2.24, 2.45) is 0 Å². The Kier molecular flexibility index (Phi) is 5.75. The van der Waals surface area contributed by atoms with E-state index in [9.17, 15) is 14.0 Å². The second-order valence-electron chi connectivity index (χ2n) is 7.13. The first kappa shape index (κ1) is 19.6. The van der Waals surface area contributed by atoms with Gasteiger partial charge in [-0.1, -0.05) is 30.3 Å². The molecular formula is C24H22FN3O2. The van der Waals surface area contributed by atoms with Crippen LogP contribution in [-0.4, -0.2) is 42.9 Å². The minimum Gasteiger partial charge on any atom is -0.368 e. The molecule has 152 valence electrons. The summed E-state index contributed by atoms with van der Waals surface area (Å²) in [6.45, 7) is 2.78. The molecule has 0 atom stereocenters. The number of nitrogens with zero attached hydrogens (tertiary/aromatic N) is 2. The Hall–Kier alpha value is -3.67. The highest BCUT2D eigenvalue weighted by Gasteiger charge is 2.22. The number of hydrogen-bond acceptors (Lipinski definition) is 3. The summed E-state index contributed by atoms with van der Waals surface area (Å²) < 4.78 is 13.8. The topological polar surface area (TPSA) is 52.7 Å². The standard InChI is InChI=1S/C24H22FN3O2/c25-22-9-5-4-8-21(22)23(29)26-19-10-12-20(13-11-19)27-14-16-28(17-15-27)24(30)18-6-2-1-3-7-18/h1-13H,14-17H2,(H,26,29). The van der Waals surface area contributed by atoms with Crippen LogP contribution in [0.25, 0.3) is 0 Å². The van der Waals surface area contributed by atoms with E-state index >= 15 is 0 Å². The van der Waals surface area contributed by atoms with Crippen molar-refractivity contribution in [3.8, 4) is 0 Å². The summed E-state index contributed by atoms with van der Waals surface area (Å²) in [5.74, 6) is -0.968. The quantitative estimate of drug-likeness (QED) is 0.715. The number of anilines is 2. The smallest absolute Gasteiger partial charge is 0.258 e. The van der Waals surface area contributed by atoms with Gasteiger partial charge < -0.3 is 15.1 Å². The number of benzene rings is 3. The summed E-state index contributed by atoms with van der Waals surface area (Å²) in [5, 5.41) is 2.72. The molecule has 0 aromatic heterocycles. The van der Waals surface area contributed by atoms with Crippen LogP contribution < -0.4 is 10.2 Å². The molecule has 1 fully saturated rings. The Labute approximate surface area is 174 Å². The Bertz CT molecular complexity index is 1030. The maximum atomic E-state index is 13.8. The van der Waals surface area contributed by atoms with Crippen molar-refractivity contribution in [2.75, 3.05) is 36.4 Å². The number of halogens is 1. The molecule has 30 heavy (non-hydrogen) atoms. The van der Waals surface area contributed by atoms with E-state index in [4.69, 9.17) is 0 Å². The number of nitrogens with one attached hydrogen (secondary N) is 1.